The van der Waals surface area contributed by atoms with Gasteiger partial charge in [-0.25, -0.2) is 0 Å². The highest BCUT2D eigenvalue weighted by Gasteiger charge is 2.26. The lowest BCUT2D eigenvalue weighted by molar-refractivity contribution is -0.134. The van der Waals surface area contributed by atoms with Crippen molar-refractivity contribution in [2.24, 2.45) is 16.5 Å². The Morgan fingerprint density at radius 1 is 1.38 bits per heavy atom. The van der Waals surface area contributed by atoms with Crippen LogP contribution in [0, 0.1) is 0 Å². The van der Waals surface area contributed by atoms with Crippen molar-refractivity contribution in [2.75, 3.05) is 13.6 Å². The maximum absolute atomic E-state index is 12.3. The number of hydrogen-bond acceptors (Lipinski definition) is 4. The number of aliphatic imine (C=N–C) groups is 1. The molecule has 144 valence electrons. The summed E-state index contributed by atoms with van der Waals surface area (Å²) < 4.78 is 36.8. The van der Waals surface area contributed by atoms with E-state index in [4.69, 9.17) is 23.1 Å². The molecule has 4 nitrogen and oxygen atoms in total. The first-order chi connectivity index (χ1) is 12.1. The molecule has 0 aromatic rings. The predicted molar refractivity (Wildman–Crippen MR) is 102 cm³/mol. The highest BCUT2D eigenvalue weighted by molar-refractivity contribution is 6.35. The minimum Gasteiger partial charge on any atom is -0.401 e. The van der Waals surface area contributed by atoms with Crippen LogP contribution < -0.4 is 16.8 Å². The van der Waals surface area contributed by atoms with Crippen LogP contribution in [0.2, 0.25) is 0 Å². The van der Waals surface area contributed by atoms with Crippen LogP contribution in [0.15, 0.2) is 62.6 Å². The summed E-state index contributed by atoms with van der Waals surface area (Å²) in [6.07, 6.45) is 3.82. The fraction of sp³-hybridized carbons (Fsp3) is 0.389. The molecule has 5 N–H and O–H groups in total. The van der Waals surface area contributed by atoms with E-state index in [0.29, 0.717) is 34.1 Å². The first-order valence-corrected chi connectivity index (χ1v) is 8.43. The van der Waals surface area contributed by atoms with Gasteiger partial charge in [0, 0.05) is 42.3 Å². The van der Waals surface area contributed by atoms with E-state index in [1.54, 1.807) is 19.3 Å². The van der Waals surface area contributed by atoms with E-state index in [0.717, 1.165) is 5.57 Å². The first kappa shape index (κ1) is 21.9. The largest absolute Gasteiger partial charge is 0.401 e. The summed E-state index contributed by atoms with van der Waals surface area (Å²) in [4.78, 5) is 4.22. The lowest BCUT2D eigenvalue weighted by atomic mass is 10.1. The van der Waals surface area contributed by atoms with Gasteiger partial charge in [-0.05, 0) is 38.0 Å². The van der Waals surface area contributed by atoms with E-state index < -0.39 is 12.6 Å². The smallest absolute Gasteiger partial charge is 0.389 e. The minimum atomic E-state index is -4.19. The maximum atomic E-state index is 12.3. The van der Waals surface area contributed by atoms with Gasteiger partial charge in [0.05, 0.1) is 11.6 Å². The molecule has 1 aliphatic carbocycles. The normalized spacial score (nSPS) is 17.3. The Hall–Kier alpha value is -2.15. The monoisotopic (exact) mass is 388 g/mol. The third-order valence-electron chi connectivity index (χ3n) is 3.64. The topological polar surface area (TPSA) is 76.4 Å². The Kier molecular flexibility index (Phi) is 8.51. The number of allylic oxidation sites excluding steroid dienone is 8. The molecule has 0 atom stereocenters. The molecule has 1 rings (SSSR count). The van der Waals surface area contributed by atoms with Crippen LogP contribution in [0.5, 0.6) is 0 Å². The van der Waals surface area contributed by atoms with Gasteiger partial charge >= 0.3 is 6.18 Å². The summed E-state index contributed by atoms with van der Waals surface area (Å²) in [7, 11) is 1.57. The molecule has 0 fully saturated rings. The molecule has 0 aromatic heterocycles. The molecule has 0 amide bonds. The molecule has 8 heteroatoms. The summed E-state index contributed by atoms with van der Waals surface area (Å²) in [5, 5.41) is 3.29. The Morgan fingerprint density at radius 3 is 2.69 bits per heavy atom. The number of nitrogens with zero attached hydrogens (tertiary/aromatic N) is 1. The van der Waals surface area contributed by atoms with Crippen LogP contribution in [0.25, 0.3) is 0 Å². The van der Waals surface area contributed by atoms with Crippen LogP contribution >= 0.6 is 11.6 Å². The van der Waals surface area contributed by atoms with Gasteiger partial charge in [0.1, 0.15) is 0 Å². The van der Waals surface area contributed by atoms with Crippen LogP contribution in [0.3, 0.4) is 0 Å². The van der Waals surface area contributed by atoms with Crippen LogP contribution in [-0.2, 0) is 0 Å². The van der Waals surface area contributed by atoms with Gasteiger partial charge in [0.25, 0.3) is 0 Å². The number of alkyl halides is 3. The van der Waals surface area contributed by atoms with E-state index in [1.807, 2.05) is 13.0 Å². The van der Waals surface area contributed by atoms with Crippen molar-refractivity contribution >= 4 is 17.8 Å². The molecule has 0 heterocycles. The summed E-state index contributed by atoms with van der Waals surface area (Å²) in [5.74, 6) is 0. The summed E-state index contributed by atoms with van der Waals surface area (Å²) in [5.41, 5.74) is 14.8. The van der Waals surface area contributed by atoms with E-state index in [2.05, 4.69) is 10.3 Å². The second-order valence-electron chi connectivity index (χ2n) is 5.84. The number of halogens is 4. The summed E-state index contributed by atoms with van der Waals surface area (Å²) in [6.45, 7) is 2.09. The number of nitrogens with two attached hydrogens (primary N) is 2. The SMILES string of the molecule is CN/C(=C\C=C(/N)CN=CC1=C(N)C=CCC(C)=C1Cl)CCC(F)(F)F. The quantitative estimate of drug-likeness (QED) is 0.455. The number of rotatable bonds is 7. The van der Waals surface area contributed by atoms with Crippen molar-refractivity contribution in [1.29, 1.82) is 0 Å². The highest BCUT2D eigenvalue weighted by atomic mass is 35.5. The molecular formula is C18H24ClF3N4. The third-order valence-corrected chi connectivity index (χ3v) is 4.16. The van der Waals surface area contributed by atoms with Crippen molar-refractivity contribution in [3.05, 3.63) is 57.6 Å². The molecule has 0 radical (unpaired) electrons. The van der Waals surface area contributed by atoms with Gasteiger partial charge in [-0.2, -0.15) is 13.2 Å². The molecule has 0 saturated heterocycles. The van der Waals surface area contributed by atoms with E-state index in [-0.39, 0.29) is 13.0 Å². The zero-order valence-electron chi connectivity index (χ0n) is 14.8. The fourth-order valence-corrected chi connectivity index (χ4v) is 2.34. The third kappa shape index (κ3) is 7.82. The van der Waals surface area contributed by atoms with E-state index in [1.165, 1.54) is 12.2 Å². The molecule has 0 bridgehead atoms. The fourth-order valence-electron chi connectivity index (χ4n) is 2.10. The van der Waals surface area contributed by atoms with Gasteiger partial charge in [0.15, 0.2) is 0 Å². The van der Waals surface area contributed by atoms with Gasteiger partial charge in [-0.3, -0.25) is 4.99 Å². The van der Waals surface area contributed by atoms with Crippen molar-refractivity contribution < 1.29 is 13.2 Å². The van der Waals surface area contributed by atoms with Crippen molar-refractivity contribution in [3.63, 3.8) is 0 Å². The Bertz CT molecular complexity index is 683. The molecule has 0 aromatic carbocycles. The predicted octanol–water partition coefficient (Wildman–Crippen LogP) is 4.03. The second kappa shape index (κ2) is 10.1. The Morgan fingerprint density at radius 2 is 2.08 bits per heavy atom. The minimum absolute atomic E-state index is 0.136. The second-order valence-corrected chi connectivity index (χ2v) is 6.22. The Balaban J connectivity index is 2.75. The first-order valence-electron chi connectivity index (χ1n) is 8.05. The molecule has 0 aliphatic heterocycles. The standard InChI is InChI=1S/C18H24ClF3N4/c1-12-4-3-5-16(24)15(17(12)19)11-26-10-13(23)6-7-14(25-2)8-9-18(20,21)22/h3,5-7,11,25H,4,8-10,23-24H2,1-2H3/b13-6-,14-7-,26-11?. The molecular weight excluding hydrogens is 365 g/mol. The Labute approximate surface area is 156 Å². The summed E-state index contributed by atoms with van der Waals surface area (Å²) >= 11 is 6.30. The van der Waals surface area contributed by atoms with Crippen LogP contribution in [0.1, 0.15) is 26.2 Å². The van der Waals surface area contributed by atoms with Crippen molar-refractivity contribution in [1.82, 2.24) is 5.32 Å². The zero-order valence-corrected chi connectivity index (χ0v) is 15.6. The van der Waals surface area contributed by atoms with Crippen LogP contribution in [-0.4, -0.2) is 26.0 Å². The lowest BCUT2D eigenvalue weighted by Gasteiger charge is -2.08. The van der Waals surface area contributed by atoms with Crippen LogP contribution in [0.4, 0.5) is 13.2 Å². The maximum Gasteiger partial charge on any atom is 0.389 e. The number of hydrogen-bond donors (Lipinski definition) is 3. The van der Waals surface area contributed by atoms with Gasteiger partial charge in [-0.15, -0.1) is 0 Å². The molecule has 0 unspecified atom stereocenters. The molecule has 1 aliphatic rings. The lowest BCUT2D eigenvalue weighted by Crippen LogP contribution is -2.12. The van der Waals surface area contributed by atoms with Gasteiger partial charge in [-0.1, -0.05) is 23.3 Å². The zero-order chi connectivity index (χ0) is 19.7. The molecule has 0 spiro atoms. The van der Waals surface area contributed by atoms with Gasteiger partial charge < -0.3 is 16.8 Å². The average Bonchev–Trinajstić information content (AvgIpc) is 2.67. The summed E-state index contributed by atoms with van der Waals surface area (Å²) in [6, 6.07) is 0. The van der Waals surface area contributed by atoms with Crippen molar-refractivity contribution in [2.45, 2.75) is 32.4 Å². The van der Waals surface area contributed by atoms with Crippen molar-refractivity contribution in [3.8, 4) is 0 Å². The highest BCUT2D eigenvalue weighted by Crippen LogP contribution is 2.25. The molecule has 26 heavy (non-hydrogen) atoms. The average molecular weight is 389 g/mol. The van der Waals surface area contributed by atoms with Gasteiger partial charge in [0.2, 0.25) is 0 Å². The van der Waals surface area contributed by atoms with E-state index in [9.17, 15) is 13.2 Å². The molecule has 0 saturated carbocycles. The van der Waals surface area contributed by atoms with E-state index >= 15 is 0 Å². The number of nitrogens with one attached hydrogen (secondary N) is 1.